The van der Waals surface area contributed by atoms with E-state index in [2.05, 4.69) is 193 Å². The summed E-state index contributed by atoms with van der Waals surface area (Å²) in [5.74, 6) is 0. The van der Waals surface area contributed by atoms with Crippen molar-refractivity contribution < 1.29 is 4.42 Å². The molecule has 0 radical (unpaired) electrons. The monoisotopic (exact) mass is 639 g/mol. The van der Waals surface area contributed by atoms with Crippen LogP contribution in [0.4, 0.5) is 17.1 Å². The van der Waals surface area contributed by atoms with E-state index >= 15 is 0 Å². The van der Waals surface area contributed by atoms with Gasteiger partial charge in [-0.15, -0.1) is 0 Å². The summed E-state index contributed by atoms with van der Waals surface area (Å²) in [5, 5.41) is 2.21. The summed E-state index contributed by atoms with van der Waals surface area (Å²) in [6, 6.07) is 71.0. The van der Waals surface area contributed by atoms with Gasteiger partial charge in [-0.1, -0.05) is 170 Å². The molecule has 1 heterocycles. The highest BCUT2D eigenvalue weighted by Crippen LogP contribution is 2.49. The van der Waals surface area contributed by atoms with Gasteiger partial charge < -0.3 is 9.32 Å². The molecule has 0 aliphatic rings. The average molecular weight is 640 g/mol. The van der Waals surface area contributed by atoms with Gasteiger partial charge in [-0.3, -0.25) is 0 Å². The van der Waals surface area contributed by atoms with Crippen molar-refractivity contribution in [1.82, 2.24) is 0 Å². The van der Waals surface area contributed by atoms with Gasteiger partial charge in [0.25, 0.3) is 0 Å². The minimum Gasteiger partial charge on any atom is -0.454 e. The van der Waals surface area contributed by atoms with Crippen LogP contribution >= 0.6 is 0 Å². The molecule has 0 saturated heterocycles. The van der Waals surface area contributed by atoms with Gasteiger partial charge in [-0.25, -0.2) is 0 Å². The highest BCUT2D eigenvalue weighted by molar-refractivity contribution is 6.11. The predicted octanol–water partition coefficient (Wildman–Crippen LogP) is 13.7. The Labute approximate surface area is 292 Å². The maximum atomic E-state index is 6.65. The van der Waals surface area contributed by atoms with E-state index < -0.39 is 0 Å². The molecule has 50 heavy (non-hydrogen) atoms. The summed E-state index contributed by atoms with van der Waals surface area (Å²) in [4.78, 5) is 2.35. The van der Waals surface area contributed by atoms with E-state index in [0.29, 0.717) is 0 Å². The van der Waals surface area contributed by atoms with Crippen LogP contribution in [0.2, 0.25) is 0 Å². The fourth-order valence-corrected chi connectivity index (χ4v) is 7.29. The maximum absolute atomic E-state index is 6.65. The van der Waals surface area contributed by atoms with Crippen molar-refractivity contribution in [2.45, 2.75) is 0 Å². The van der Waals surface area contributed by atoms with Gasteiger partial charge >= 0.3 is 0 Å². The lowest BCUT2D eigenvalue weighted by Gasteiger charge is -2.29. The van der Waals surface area contributed by atoms with Crippen LogP contribution in [0.5, 0.6) is 0 Å². The van der Waals surface area contributed by atoms with E-state index in [1.807, 2.05) is 12.1 Å². The van der Waals surface area contributed by atoms with Crippen molar-refractivity contribution in [3.8, 4) is 44.5 Å². The maximum Gasteiger partial charge on any atom is 0.159 e. The Bertz CT molecular complexity index is 2590. The molecular weight excluding hydrogens is 607 g/mol. The molecular formula is C48H33NO. The molecule has 1 aromatic heterocycles. The van der Waals surface area contributed by atoms with Gasteiger partial charge in [0.15, 0.2) is 5.58 Å². The molecule has 9 aromatic rings. The Hall–Kier alpha value is -6.64. The molecule has 0 spiro atoms. The number of rotatable bonds is 7. The van der Waals surface area contributed by atoms with Gasteiger partial charge in [0.1, 0.15) is 5.58 Å². The lowest BCUT2D eigenvalue weighted by Crippen LogP contribution is -2.11. The van der Waals surface area contributed by atoms with Crippen LogP contribution in [0.25, 0.3) is 66.4 Å². The first-order valence-corrected chi connectivity index (χ1v) is 17.0. The third kappa shape index (κ3) is 5.15. The fourth-order valence-electron chi connectivity index (χ4n) is 7.29. The number of furan rings is 1. The zero-order valence-electron chi connectivity index (χ0n) is 27.4. The minimum absolute atomic E-state index is 0.861. The minimum atomic E-state index is 0.861. The number of benzene rings is 8. The van der Waals surface area contributed by atoms with E-state index in [-0.39, 0.29) is 0 Å². The predicted molar refractivity (Wildman–Crippen MR) is 210 cm³/mol. The summed E-state index contributed by atoms with van der Waals surface area (Å²) < 4.78 is 6.65. The van der Waals surface area contributed by atoms with Gasteiger partial charge in [0.2, 0.25) is 0 Å². The first kappa shape index (κ1) is 29.5. The summed E-state index contributed by atoms with van der Waals surface area (Å²) >= 11 is 0. The first-order chi connectivity index (χ1) is 24.8. The van der Waals surface area contributed by atoms with E-state index in [1.165, 1.54) is 33.4 Å². The first-order valence-electron chi connectivity index (χ1n) is 17.0. The third-order valence-electron chi connectivity index (χ3n) is 9.50. The van der Waals surface area contributed by atoms with Crippen LogP contribution in [0.3, 0.4) is 0 Å². The van der Waals surface area contributed by atoms with Gasteiger partial charge in [0, 0.05) is 22.0 Å². The van der Waals surface area contributed by atoms with E-state index in [9.17, 15) is 0 Å². The number of para-hydroxylation sites is 4. The number of nitrogens with zero attached hydrogens (tertiary/aromatic N) is 1. The van der Waals surface area contributed by atoms with Gasteiger partial charge in [-0.2, -0.15) is 0 Å². The molecule has 0 fully saturated rings. The van der Waals surface area contributed by atoms with Crippen LogP contribution in [-0.4, -0.2) is 0 Å². The molecule has 9 rings (SSSR count). The highest BCUT2D eigenvalue weighted by atomic mass is 16.3. The molecule has 0 unspecified atom stereocenters. The fraction of sp³-hybridized carbons (Fsp3) is 0. The summed E-state index contributed by atoms with van der Waals surface area (Å²) in [6.45, 7) is 0. The largest absolute Gasteiger partial charge is 0.454 e. The second kappa shape index (κ2) is 12.8. The molecule has 0 aliphatic carbocycles. The molecule has 2 nitrogen and oxygen atoms in total. The summed E-state index contributed by atoms with van der Waals surface area (Å²) in [5.41, 5.74) is 14.3. The van der Waals surface area contributed by atoms with E-state index in [0.717, 1.165) is 50.1 Å². The molecule has 0 N–H and O–H groups in total. The molecule has 236 valence electrons. The third-order valence-corrected chi connectivity index (χ3v) is 9.50. The van der Waals surface area contributed by atoms with Crippen LogP contribution in [0.15, 0.2) is 205 Å². The smallest absolute Gasteiger partial charge is 0.159 e. The van der Waals surface area contributed by atoms with Crippen molar-refractivity contribution in [2.24, 2.45) is 0 Å². The Balaban J connectivity index is 1.35. The zero-order chi connectivity index (χ0) is 33.3. The second-order valence-corrected chi connectivity index (χ2v) is 12.4. The van der Waals surface area contributed by atoms with Crippen LogP contribution in [-0.2, 0) is 0 Å². The van der Waals surface area contributed by atoms with Crippen LogP contribution in [0.1, 0.15) is 0 Å². The number of fused-ring (bicyclic) bond motifs is 3. The molecule has 0 atom stereocenters. The van der Waals surface area contributed by atoms with Crippen molar-refractivity contribution in [1.29, 1.82) is 0 Å². The van der Waals surface area contributed by atoms with E-state index in [1.54, 1.807) is 0 Å². The summed E-state index contributed by atoms with van der Waals surface area (Å²) in [7, 11) is 0. The molecule has 0 bridgehead atoms. The standard InChI is InChI=1S/C48H33NO/c1-4-18-34(19-5-1)37-24-10-11-27-41(37)47-38(35-20-6-2-7-21-35)28-16-29-42(47)39-25-12-14-31-44(39)49(36-22-8-3-9-23-36)45-32-17-30-43-40-26-13-15-33-46(40)50-48(43)45/h1-33H. The Morgan fingerprint density at radius 2 is 0.820 bits per heavy atom. The lowest BCUT2D eigenvalue weighted by molar-refractivity contribution is 0.669. The quantitative estimate of drug-likeness (QED) is 0.173. The van der Waals surface area contributed by atoms with Gasteiger partial charge in [-0.05, 0) is 69.3 Å². The van der Waals surface area contributed by atoms with Gasteiger partial charge in [0.05, 0.1) is 11.4 Å². The molecule has 0 amide bonds. The highest BCUT2D eigenvalue weighted by Gasteiger charge is 2.24. The van der Waals surface area contributed by atoms with Crippen molar-refractivity contribution >= 4 is 39.0 Å². The average Bonchev–Trinajstić information content (AvgIpc) is 3.59. The van der Waals surface area contributed by atoms with E-state index in [4.69, 9.17) is 4.42 Å². The number of hydrogen-bond donors (Lipinski definition) is 0. The van der Waals surface area contributed by atoms with Crippen molar-refractivity contribution in [3.63, 3.8) is 0 Å². The normalized spacial score (nSPS) is 11.2. The zero-order valence-corrected chi connectivity index (χ0v) is 27.4. The second-order valence-electron chi connectivity index (χ2n) is 12.4. The summed E-state index contributed by atoms with van der Waals surface area (Å²) in [6.07, 6.45) is 0. The Morgan fingerprint density at radius 3 is 1.58 bits per heavy atom. The topological polar surface area (TPSA) is 16.4 Å². The molecule has 2 heteroatoms. The molecule has 0 aliphatic heterocycles. The Kier molecular flexibility index (Phi) is 7.53. The van der Waals surface area contributed by atoms with Crippen molar-refractivity contribution in [2.75, 3.05) is 4.90 Å². The van der Waals surface area contributed by atoms with Crippen molar-refractivity contribution in [3.05, 3.63) is 200 Å². The Morgan fingerprint density at radius 1 is 0.320 bits per heavy atom. The lowest BCUT2D eigenvalue weighted by atomic mass is 9.84. The van der Waals surface area contributed by atoms with Crippen LogP contribution in [0, 0.1) is 0 Å². The number of hydrogen-bond acceptors (Lipinski definition) is 2. The van der Waals surface area contributed by atoms with Crippen LogP contribution < -0.4 is 4.90 Å². The molecule has 0 saturated carbocycles. The molecule has 8 aromatic carbocycles. The number of anilines is 3. The SMILES string of the molecule is c1ccc(-c2ccccc2-c2c(-c3ccccc3)cccc2-c2ccccc2N(c2ccccc2)c2cccc3c2oc2ccccc23)cc1.